The number of anilines is 1. The Morgan fingerprint density at radius 3 is 2.37 bits per heavy atom. The van der Waals surface area contributed by atoms with Crippen molar-refractivity contribution in [1.29, 1.82) is 5.26 Å². The Morgan fingerprint density at radius 2 is 1.74 bits per heavy atom. The highest BCUT2D eigenvalue weighted by Gasteiger charge is 2.38. The van der Waals surface area contributed by atoms with Gasteiger partial charge >= 0.3 is 0 Å². The van der Waals surface area contributed by atoms with Crippen LogP contribution in [0.4, 0.5) is 11.4 Å². The van der Waals surface area contributed by atoms with Crippen molar-refractivity contribution in [3.8, 4) is 6.07 Å². The van der Waals surface area contributed by atoms with Gasteiger partial charge < -0.3 is 0 Å². The lowest BCUT2D eigenvalue weighted by Gasteiger charge is -2.21. The number of nitro groups is 1. The van der Waals surface area contributed by atoms with Gasteiger partial charge in [0.15, 0.2) is 0 Å². The van der Waals surface area contributed by atoms with Crippen LogP contribution >= 0.6 is 0 Å². The Labute approximate surface area is 154 Å². The molecule has 1 aliphatic rings. The third-order valence-corrected chi connectivity index (χ3v) is 6.15. The summed E-state index contributed by atoms with van der Waals surface area (Å²) in [4.78, 5) is 10.5. The highest BCUT2D eigenvalue weighted by molar-refractivity contribution is 7.94. The maximum absolute atomic E-state index is 13.2. The monoisotopic (exact) mass is 377 g/mol. The van der Waals surface area contributed by atoms with Crippen LogP contribution in [-0.2, 0) is 10.0 Å². The van der Waals surface area contributed by atoms with Crippen LogP contribution in [0, 0.1) is 21.4 Å². The maximum Gasteiger partial charge on any atom is 0.269 e. The van der Waals surface area contributed by atoms with E-state index in [1.807, 2.05) is 18.2 Å². The van der Waals surface area contributed by atoms with Gasteiger partial charge in [0.1, 0.15) is 0 Å². The smallest absolute Gasteiger partial charge is 0.258 e. The molecule has 8 heteroatoms. The van der Waals surface area contributed by atoms with Crippen LogP contribution in [0.5, 0.6) is 0 Å². The molecule has 0 saturated heterocycles. The molecule has 7 nitrogen and oxygen atoms in total. The summed E-state index contributed by atoms with van der Waals surface area (Å²) in [7, 11) is -3.91. The number of sulfonamides is 1. The number of hydrogen-bond acceptors (Lipinski definition) is 5. The summed E-state index contributed by atoms with van der Waals surface area (Å²) >= 11 is 0. The number of allylic oxidation sites excluding steroid dienone is 1. The van der Waals surface area contributed by atoms with Crippen LogP contribution < -0.4 is 4.31 Å². The van der Waals surface area contributed by atoms with Crippen molar-refractivity contribution in [1.82, 2.24) is 0 Å². The van der Waals surface area contributed by atoms with Gasteiger partial charge in [-0.15, -0.1) is 0 Å². The lowest BCUT2D eigenvalue weighted by atomic mass is 10.1. The third kappa shape index (κ3) is 2.45. The molecule has 3 aromatic carbocycles. The number of benzene rings is 3. The molecule has 0 atom stereocenters. The number of nitro benzene ring substituents is 1. The lowest BCUT2D eigenvalue weighted by Crippen LogP contribution is -2.25. The molecule has 0 amide bonds. The molecule has 0 unspecified atom stereocenters. The molecule has 3 aromatic rings. The van der Waals surface area contributed by atoms with E-state index >= 15 is 0 Å². The Morgan fingerprint density at radius 1 is 1.07 bits per heavy atom. The molecule has 4 rings (SSSR count). The summed E-state index contributed by atoms with van der Waals surface area (Å²) in [6.45, 7) is 0. The average molecular weight is 377 g/mol. The fourth-order valence-electron chi connectivity index (χ4n) is 3.23. The van der Waals surface area contributed by atoms with Gasteiger partial charge in [-0.05, 0) is 29.7 Å². The zero-order valence-corrected chi connectivity index (χ0v) is 14.6. The fourth-order valence-corrected chi connectivity index (χ4v) is 4.99. The second kappa shape index (κ2) is 5.93. The van der Waals surface area contributed by atoms with Crippen molar-refractivity contribution in [2.24, 2.45) is 0 Å². The fraction of sp³-hybridized carbons (Fsp3) is 0. The first kappa shape index (κ1) is 16.8. The summed E-state index contributed by atoms with van der Waals surface area (Å²) in [5.41, 5.74) is 0.847. The van der Waals surface area contributed by atoms with E-state index in [0.29, 0.717) is 16.6 Å². The molecule has 0 N–H and O–H groups in total. The summed E-state index contributed by atoms with van der Waals surface area (Å²) < 4.78 is 27.5. The van der Waals surface area contributed by atoms with E-state index in [0.717, 1.165) is 15.8 Å². The van der Waals surface area contributed by atoms with Gasteiger partial charge in [0.25, 0.3) is 15.7 Å². The average Bonchev–Trinajstić information content (AvgIpc) is 2.89. The largest absolute Gasteiger partial charge is 0.269 e. The van der Waals surface area contributed by atoms with Gasteiger partial charge in [-0.2, -0.15) is 5.26 Å². The van der Waals surface area contributed by atoms with Gasteiger partial charge in [-0.25, -0.2) is 12.7 Å². The molecule has 1 heterocycles. The first-order chi connectivity index (χ1) is 12.9. The second-order valence-electron chi connectivity index (χ2n) is 5.86. The molecule has 0 aromatic heterocycles. The highest BCUT2D eigenvalue weighted by atomic mass is 32.2. The first-order valence-electron chi connectivity index (χ1n) is 7.87. The molecular formula is C19H11N3O4S. The quantitative estimate of drug-likeness (QED) is 0.392. The zero-order chi connectivity index (χ0) is 19.2. The maximum atomic E-state index is 13.2. The number of nitrogens with zero attached hydrogens (tertiary/aromatic N) is 3. The predicted molar refractivity (Wildman–Crippen MR) is 100 cm³/mol. The summed E-state index contributed by atoms with van der Waals surface area (Å²) in [5.74, 6) is 0. The summed E-state index contributed by atoms with van der Waals surface area (Å²) in [5, 5.41) is 21.5. The van der Waals surface area contributed by atoms with Crippen molar-refractivity contribution in [2.75, 3.05) is 4.31 Å². The van der Waals surface area contributed by atoms with E-state index in [4.69, 9.17) is 0 Å². The van der Waals surface area contributed by atoms with Gasteiger partial charge in [-0.1, -0.05) is 24.3 Å². The van der Waals surface area contributed by atoms with Crippen LogP contribution in [0.25, 0.3) is 16.5 Å². The highest BCUT2D eigenvalue weighted by Crippen LogP contribution is 2.45. The Kier molecular flexibility index (Phi) is 3.68. The molecule has 0 spiro atoms. The molecule has 132 valence electrons. The third-order valence-electron chi connectivity index (χ3n) is 4.38. The molecule has 0 bridgehead atoms. The van der Waals surface area contributed by atoms with E-state index in [-0.39, 0.29) is 16.3 Å². The molecule has 0 radical (unpaired) electrons. The van der Waals surface area contributed by atoms with E-state index in [2.05, 4.69) is 0 Å². The van der Waals surface area contributed by atoms with Crippen molar-refractivity contribution in [2.45, 2.75) is 4.90 Å². The van der Waals surface area contributed by atoms with E-state index in [1.165, 1.54) is 30.3 Å². The minimum absolute atomic E-state index is 0.121. The van der Waals surface area contributed by atoms with Crippen molar-refractivity contribution >= 4 is 37.9 Å². The molecule has 1 aliphatic heterocycles. The van der Waals surface area contributed by atoms with E-state index < -0.39 is 14.9 Å². The van der Waals surface area contributed by atoms with Crippen LogP contribution in [0.3, 0.4) is 0 Å². The normalized spacial score (nSPS) is 14.9. The van der Waals surface area contributed by atoms with Crippen LogP contribution in [0.1, 0.15) is 5.56 Å². The number of rotatable bonds is 3. The van der Waals surface area contributed by atoms with E-state index in [9.17, 15) is 23.8 Å². The molecular weight excluding hydrogens is 366 g/mol. The Balaban J connectivity index is 1.96. The number of hydrogen-bond donors (Lipinski definition) is 0. The van der Waals surface area contributed by atoms with Crippen LogP contribution in [0.2, 0.25) is 0 Å². The minimum Gasteiger partial charge on any atom is -0.258 e. The molecule has 0 saturated carbocycles. The zero-order valence-electron chi connectivity index (χ0n) is 13.7. The second-order valence-corrected chi connectivity index (χ2v) is 7.62. The van der Waals surface area contributed by atoms with Gasteiger partial charge in [0.2, 0.25) is 0 Å². The minimum atomic E-state index is -3.91. The van der Waals surface area contributed by atoms with Crippen molar-refractivity contribution < 1.29 is 13.3 Å². The van der Waals surface area contributed by atoms with Gasteiger partial charge in [0.05, 0.1) is 27.3 Å². The van der Waals surface area contributed by atoms with Crippen LogP contribution in [0.15, 0.2) is 71.6 Å². The summed E-state index contributed by atoms with van der Waals surface area (Å²) in [6, 6.07) is 17.5. The summed E-state index contributed by atoms with van der Waals surface area (Å²) in [6.07, 6.45) is 1.13. The number of non-ortho nitro benzene ring substituents is 1. The topological polar surface area (TPSA) is 104 Å². The van der Waals surface area contributed by atoms with E-state index in [1.54, 1.807) is 18.2 Å². The molecule has 0 aliphatic carbocycles. The van der Waals surface area contributed by atoms with Gasteiger partial charge in [-0.3, -0.25) is 10.1 Å². The first-order valence-corrected chi connectivity index (χ1v) is 9.31. The Hall–Kier alpha value is -3.70. The van der Waals surface area contributed by atoms with Crippen molar-refractivity contribution in [3.63, 3.8) is 0 Å². The SMILES string of the molecule is N#C/C=C(/c1ccc([N+](=O)[O-])cc1)N1c2cccc3cccc(c23)S1(=O)=O. The Bertz CT molecular complexity index is 1270. The molecule has 0 fully saturated rings. The lowest BCUT2D eigenvalue weighted by molar-refractivity contribution is -0.384. The number of nitriles is 1. The standard InChI is InChI=1S/C19H11N3O4S/c20-12-11-16(13-7-9-15(10-8-13)22(23)24)21-17-5-1-3-14-4-2-6-18(19(14)17)27(21,25)26/h1-11H/b16-11-. The van der Waals surface area contributed by atoms with Crippen LogP contribution in [-0.4, -0.2) is 13.3 Å². The van der Waals surface area contributed by atoms with Gasteiger partial charge in [0, 0.05) is 29.2 Å². The predicted octanol–water partition coefficient (Wildman–Crippen LogP) is 3.82. The molecule has 27 heavy (non-hydrogen) atoms. The van der Waals surface area contributed by atoms with Crippen molar-refractivity contribution in [3.05, 3.63) is 82.4 Å².